The molecular formula is C11H21NO. The van der Waals surface area contributed by atoms with Crippen molar-refractivity contribution < 1.29 is 5.11 Å². The van der Waals surface area contributed by atoms with Crippen LogP contribution in [0.15, 0.2) is 0 Å². The van der Waals surface area contributed by atoms with E-state index in [2.05, 4.69) is 4.90 Å². The Morgan fingerprint density at radius 1 is 1.15 bits per heavy atom. The molecule has 0 saturated heterocycles. The minimum Gasteiger partial charge on any atom is -0.392 e. The molecule has 0 aromatic heterocycles. The fourth-order valence-electron chi connectivity index (χ4n) is 1.93. The second kappa shape index (κ2) is 3.97. The predicted molar refractivity (Wildman–Crippen MR) is 53.6 cm³/mol. The SMILES string of the molecule is CC(O)CN(CC1CC1)CC1CC1. The van der Waals surface area contributed by atoms with E-state index in [1.165, 1.54) is 38.8 Å². The summed E-state index contributed by atoms with van der Waals surface area (Å²) in [6.45, 7) is 5.25. The van der Waals surface area contributed by atoms with Crippen molar-refractivity contribution in [2.24, 2.45) is 11.8 Å². The molecule has 2 nitrogen and oxygen atoms in total. The average Bonchev–Trinajstić information content (AvgIpc) is 2.79. The third-order valence-corrected chi connectivity index (χ3v) is 2.95. The zero-order valence-electron chi connectivity index (χ0n) is 8.58. The quantitative estimate of drug-likeness (QED) is 0.674. The van der Waals surface area contributed by atoms with E-state index >= 15 is 0 Å². The van der Waals surface area contributed by atoms with Crippen molar-refractivity contribution in [3.63, 3.8) is 0 Å². The first-order chi connectivity index (χ1) is 6.24. The fraction of sp³-hybridized carbons (Fsp3) is 1.00. The Balaban J connectivity index is 1.70. The number of rotatable bonds is 6. The Morgan fingerprint density at radius 2 is 1.62 bits per heavy atom. The van der Waals surface area contributed by atoms with E-state index in [-0.39, 0.29) is 6.10 Å². The first kappa shape index (κ1) is 9.47. The van der Waals surface area contributed by atoms with Crippen molar-refractivity contribution in [3.05, 3.63) is 0 Å². The van der Waals surface area contributed by atoms with Gasteiger partial charge >= 0.3 is 0 Å². The number of aliphatic hydroxyl groups excluding tert-OH is 1. The Labute approximate surface area is 80.9 Å². The largest absolute Gasteiger partial charge is 0.392 e. The van der Waals surface area contributed by atoms with Crippen molar-refractivity contribution in [3.8, 4) is 0 Å². The van der Waals surface area contributed by atoms with Crippen molar-refractivity contribution in [1.82, 2.24) is 4.90 Å². The highest BCUT2D eigenvalue weighted by Crippen LogP contribution is 2.33. The van der Waals surface area contributed by atoms with Crippen molar-refractivity contribution in [2.75, 3.05) is 19.6 Å². The fourth-order valence-corrected chi connectivity index (χ4v) is 1.93. The Kier molecular flexibility index (Phi) is 2.89. The van der Waals surface area contributed by atoms with E-state index in [0.717, 1.165) is 18.4 Å². The highest BCUT2D eigenvalue weighted by atomic mass is 16.3. The predicted octanol–water partition coefficient (Wildman–Crippen LogP) is 1.49. The summed E-state index contributed by atoms with van der Waals surface area (Å²) in [5, 5.41) is 9.35. The third-order valence-electron chi connectivity index (χ3n) is 2.95. The number of hydrogen-bond acceptors (Lipinski definition) is 2. The van der Waals surface area contributed by atoms with Gasteiger partial charge in [0.25, 0.3) is 0 Å². The second-order valence-corrected chi connectivity index (χ2v) is 4.95. The molecule has 2 aliphatic carbocycles. The summed E-state index contributed by atoms with van der Waals surface area (Å²) >= 11 is 0. The maximum Gasteiger partial charge on any atom is 0.0639 e. The van der Waals surface area contributed by atoms with Gasteiger partial charge in [-0.15, -0.1) is 0 Å². The molecule has 0 bridgehead atoms. The summed E-state index contributed by atoms with van der Waals surface area (Å²) in [6.07, 6.45) is 5.52. The molecule has 2 rings (SSSR count). The van der Waals surface area contributed by atoms with Crippen molar-refractivity contribution in [1.29, 1.82) is 0 Å². The lowest BCUT2D eigenvalue weighted by atomic mass is 10.2. The molecule has 0 aromatic rings. The molecule has 2 heteroatoms. The molecule has 76 valence electrons. The van der Waals surface area contributed by atoms with E-state index in [1.54, 1.807) is 0 Å². The monoisotopic (exact) mass is 183 g/mol. The minimum atomic E-state index is -0.155. The Bertz CT molecular complexity index is 142. The highest BCUT2D eigenvalue weighted by molar-refractivity contribution is 4.82. The molecule has 2 fully saturated rings. The molecule has 1 atom stereocenters. The molecule has 0 spiro atoms. The minimum absolute atomic E-state index is 0.155. The molecule has 0 aromatic carbocycles. The van der Waals surface area contributed by atoms with E-state index in [0.29, 0.717) is 0 Å². The number of hydrogen-bond donors (Lipinski definition) is 1. The first-order valence-corrected chi connectivity index (χ1v) is 5.64. The van der Waals surface area contributed by atoms with Crippen LogP contribution in [0.1, 0.15) is 32.6 Å². The molecule has 0 aliphatic heterocycles. The zero-order chi connectivity index (χ0) is 9.26. The van der Waals surface area contributed by atoms with E-state index in [1.807, 2.05) is 6.92 Å². The van der Waals surface area contributed by atoms with Gasteiger partial charge in [0.05, 0.1) is 6.10 Å². The van der Waals surface area contributed by atoms with Crippen LogP contribution in [0.4, 0.5) is 0 Å². The van der Waals surface area contributed by atoms with E-state index < -0.39 is 0 Å². The summed E-state index contributed by atoms with van der Waals surface area (Å²) in [7, 11) is 0. The lowest BCUT2D eigenvalue weighted by molar-refractivity contribution is 0.120. The molecule has 0 amide bonds. The Hall–Kier alpha value is -0.0800. The number of nitrogens with zero attached hydrogens (tertiary/aromatic N) is 1. The lowest BCUT2D eigenvalue weighted by Crippen LogP contribution is -2.34. The smallest absolute Gasteiger partial charge is 0.0639 e. The van der Waals surface area contributed by atoms with Crippen LogP contribution in [-0.2, 0) is 0 Å². The summed E-state index contributed by atoms with van der Waals surface area (Å²) in [4.78, 5) is 2.47. The van der Waals surface area contributed by atoms with E-state index in [9.17, 15) is 5.11 Å². The standard InChI is InChI=1S/C11H21NO/c1-9(13)6-12(7-10-2-3-10)8-11-4-5-11/h9-11,13H,2-8H2,1H3. The average molecular weight is 183 g/mol. The first-order valence-electron chi connectivity index (χ1n) is 5.64. The van der Waals surface area contributed by atoms with E-state index in [4.69, 9.17) is 0 Å². The normalized spacial score (nSPS) is 25.2. The molecule has 2 saturated carbocycles. The summed E-state index contributed by atoms with van der Waals surface area (Å²) < 4.78 is 0. The lowest BCUT2D eigenvalue weighted by Gasteiger charge is -2.23. The van der Waals surface area contributed by atoms with Crippen LogP contribution in [0.25, 0.3) is 0 Å². The Morgan fingerprint density at radius 3 is 1.92 bits per heavy atom. The summed E-state index contributed by atoms with van der Waals surface area (Å²) in [5.41, 5.74) is 0. The van der Waals surface area contributed by atoms with Crippen LogP contribution in [-0.4, -0.2) is 35.7 Å². The van der Waals surface area contributed by atoms with Gasteiger partial charge in [0.15, 0.2) is 0 Å². The van der Waals surface area contributed by atoms with Crippen LogP contribution in [0.3, 0.4) is 0 Å². The third kappa shape index (κ3) is 3.65. The second-order valence-electron chi connectivity index (χ2n) is 4.95. The number of aliphatic hydroxyl groups is 1. The van der Waals surface area contributed by atoms with Crippen LogP contribution in [0.2, 0.25) is 0 Å². The van der Waals surface area contributed by atoms with Crippen LogP contribution < -0.4 is 0 Å². The summed E-state index contributed by atoms with van der Waals surface area (Å²) in [5.74, 6) is 1.91. The topological polar surface area (TPSA) is 23.5 Å². The maximum absolute atomic E-state index is 9.35. The van der Waals surface area contributed by atoms with Gasteiger partial charge in [-0.05, 0) is 44.4 Å². The van der Waals surface area contributed by atoms with Gasteiger partial charge in [0.2, 0.25) is 0 Å². The van der Waals surface area contributed by atoms with Crippen molar-refractivity contribution in [2.45, 2.75) is 38.7 Å². The summed E-state index contributed by atoms with van der Waals surface area (Å²) in [6, 6.07) is 0. The van der Waals surface area contributed by atoms with Gasteiger partial charge in [-0.25, -0.2) is 0 Å². The molecular weight excluding hydrogens is 162 g/mol. The van der Waals surface area contributed by atoms with Gasteiger partial charge in [-0.3, -0.25) is 0 Å². The van der Waals surface area contributed by atoms with Gasteiger partial charge in [-0.1, -0.05) is 0 Å². The maximum atomic E-state index is 9.35. The van der Waals surface area contributed by atoms with Gasteiger partial charge in [0.1, 0.15) is 0 Å². The van der Waals surface area contributed by atoms with Gasteiger partial charge < -0.3 is 10.0 Å². The molecule has 0 heterocycles. The van der Waals surface area contributed by atoms with Crippen LogP contribution in [0, 0.1) is 11.8 Å². The van der Waals surface area contributed by atoms with Crippen LogP contribution >= 0.6 is 0 Å². The molecule has 1 unspecified atom stereocenters. The molecule has 13 heavy (non-hydrogen) atoms. The van der Waals surface area contributed by atoms with Gasteiger partial charge in [0, 0.05) is 19.6 Å². The zero-order valence-corrected chi connectivity index (χ0v) is 8.58. The van der Waals surface area contributed by atoms with Gasteiger partial charge in [-0.2, -0.15) is 0 Å². The highest BCUT2D eigenvalue weighted by Gasteiger charge is 2.29. The van der Waals surface area contributed by atoms with Crippen molar-refractivity contribution >= 4 is 0 Å². The molecule has 2 aliphatic rings. The van der Waals surface area contributed by atoms with Crippen LogP contribution in [0.5, 0.6) is 0 Å². The molecule has 0 radical (unpaired) electrons. The molecule has 1 N–H and O–H groups in total.